The predicted molar refractivity (Wildman–Crippen MR) is 94.3 cm³/mol. The Morgan fingerprint density at radius 3 is 3.00 bits per heavy atom. The molecular weight excluding hydrogens is 316 g/mol. The first-order chi connectivity index (χ1) is 12.3. The number of urea groups is 1. The third-order valence-electron chi connectivity index (χ3n) is 4.43. The van der Waals surface area contributed by atoms with Crippen LogP contribution in [0.5, 0.6) is 0 Å². The van der Waals surface area contributed by atoms with E-state index in [-0.39, 0.29) is 12.1 Å². The van der Waals surface area contributed by atoms with Crippen LogP contribution in [0, 0.1) is 0 Å². The van der Waals surface area contributed by atoms with E-state index in [0.29, 0.717) is 12.4 Å². The Balaban J connectivity index is 1.36. The van der Waals surface area contributed by atoms with Gasteiger partial charge in [0.05, 0.1) is 18.8 Å². The van der Waals surface area contributed by atoms with Gasteiger partial charge in [-0.15, -0.1) is 0 Å². The van der Waals surface area contributed by atoms with Crippen molar-refractivity contribution in [2.75, 3.05) is 5.32 Å². The zero-order valence-electron chi connectivity index (χ0n) is 13.8. The van der Waals surface area contributed by atoms with Gasteiger partial charge in [-0.3, -0.25) is 10.00 Å². The SMILES string of the molecule is O=C(Nc1ccn(Cc2ccccc2)n1)NC1CCCc2occc21. The highest BCUT2D eigenvalue weighted by Gasteiger charge is 2.24. The summed E-state index contributed by atoms with van der Waals surface area (Å²) in [5.41, 5.74) is 2.24. The van der Waals surface area contributed by atoms with Gasteiger partial charge in [-0.1, -0.05) is 30.3 Å². The number of furan rings is 1. The topological polar surface area (TPSA) is 72.1 Å². The molecule has 25 heavy (non-hydrogen) atoms. The minimum absolute atomic E-state index is 0.00564. The first kappa shape index (κ1) is 15.5. The lowest BCUT2D eigenvalue weighted by molar-refractivity contribution is 0.246. The number of aromatic nitrogens is 2. The number of amides is 2. The number of nitrogens with one attached hydrogen (secondary N) is 2. The Kier molecular flexibility index (Phi) is 4.24. The zero-order chi connectivity index (χ0) is 17.1. The van der Waals surface area contributed by atoms with Gasteiger partial charge in [0.15, 0.2) is 5.82 Å². The lowest BCUT2D eigenvalue weighted by atomic mass is 9.93. The molecule has 2 aromatic heterocycles. The molecule has 1 aromatic carbocycles. The smallest absolute Gasteiger partial charge is 0.320 e. The standard InChI is InChI=1S/C19H20N4O2/c24-19(20-16-7-4-8-17-15(16)10-12-25-17)21-18-9-11-23(22-18)13-14-5-2-1-3-6-14/h1-3,5-6,9-12,16H,4,7-8,13H2,(H2,20,21,22,24). The van der Waals surface area contributed by atoms with E-state index in [9.17, 15) is 4.79 Å². The summed E-state index contributed by atoms with van der Waals surface area (Å²) < 4.78 is 7.26. The van der Waals surface area contributed by atoms with Gasteiger partial charge in [0.1, 0.15) is 5.76 Å². The van der Waals surface area contributed by atoms with Crippen molar-refractivity contribution in [1.82, 2.24) is 15.1 Å². The highest BCUT2D eigenvalue weighted by molar-refractivity contribution is 5.88. The number of carbonyl (C=O) groups is 1. The number of aryl methyl sites for hydroxylation is 1. The number of hydrogen-bond acceptors (Lipinski definition) is 3. The van der Waals surface area contributed by atoms with Gasteiger partial charge in [-0.25, -0.2) is 4.79 Å². The van der Waals surface area contributed by atoms with Gasteiger partial charge in [-0.2, -0.15) is 5.10 Å². The van der Waals surface area contributed by atoms with Crippen molar-refractivity contribution >= 4 is 11.8 Å². The highest BCUT2D eigenvalue weighted by atomic mass is 16.3. The summed E-state index contributed by atoms with van der Waals surface area (Å²) >= 11 is 0. The second-order valence-corrected chi connectivity index (χ2v) is 6.23. The van der Waals surface area contributed by atoms with Crippen LogP contribution in [0.15, 0.2) is 59.3 Å². The molecule has 6 heteroatoms. The molecule has 0 saturated heterocycles. The average Bonchev–Trinajstić information content (AvgIpc) is 3.26. The highest BCUT2D eigenvalue weighted by Crippen LogP contribution is 2.30. The van der Waals surface area contributed by atoms with Crippen LogP contribution in [0.4, 0.5) is 10.6 Å². The van der Waals surface area contributed by atoms with E-state index in [1.807, 2.05) is 42.6 Å². The van der Waals surface area contributed by atoms with Crippen LogP contribution in [0.25, 0.3) is 0 Å². The van der Waals surface area contributed by atoms with Gasteiger partial charge in [0, 0.05) is 24.2 Å². The molecule has 1 aliphatic carbocycles. The van der Waals surface area contributed by atoms with E-state index in [1.165, 1.54) is 0 Å². The quantitative estimate of drug-likeness (QED) is 0.762. The predicted octanol–water partition coefficient (Wildman–Crippen LogP) is 3.72. The van der Waals surface area contributed by atoms with Gasteiger partial charge < -0.3 is 9.73 Å². The largest absolute Gasteiger partial charge is 0.469 e. The summed E-state index contributed by atoms with van der Waals surface area (Å²) in [5.74, 6) is 1.51. The summed E-state index contributed by atoms with van der Waals surface area (Å²) in [4.78, 5) is 12.3. The van der Waals surface area contributed by atoms with Crippen molar-refractivity contribution < 1.29 is 9.21 Å². The molecule has 0 fully saturated rings. The van der Waals surface area contributed by atoms with Crippen molar-refractivity contribution in [3.63, 3.8) is 0 Å². The van der Waals surface area contributed by atoms with Crippen LogP contribution in [-0.2, 0) is 13.0 Å². The van der Waals surface area contributed by atoms with Gasteiger partial charge in [-0.05, 0) is 24.5 Å². The van der Waals surface area contributed by atoms with Crippen molar-refractivity contribution in [3.05, 3.63) is 71.8 Å². The van der Waals surface area contributed by atoms with Gasteiger partial charge in [0.2, 0.25) is 0 Å². The van der Waals surface area contributed by atoms with E-state index in [1.54, 1.807) is 17.0 Å². The van der Waals surface area contributed by atoms with Crippen molar-refractivity contribution in [2.24, 2.45) is 0 Å². The number of benzene rings is 1. The number of anilines is 1. The first-order valence-corrected chi connectivity index (χ1v) is 8.49. The van der Waals surface area contributed by atoms with Gasteiger partial charge in [0.25, 0.3) is 0 Å². The Bertz CT molecular complexity index is 853. The molecule has 128 valence electrons. The average molecular weight is 336 g/mol. The molecule has 2 N–H and O–H groups in total. The molecule has 0 radical (unpaired) electrons. The number of carbonyl (C=O) groups excluding carboxylic acids is 1. The monoisotopic (exact) mass is 336 g/mol. The summed E-state index contributed by atoms with van der Waals surface area (Å²) in [6.07, 6.45) is 6.41. The molecule has 6 nitrogen and oxygen atoms in total. The molecule has 0 bridgehead atoms. The third-order valence-corrected chi connectivity index (χ3v) is 4.43. The molecule has 2 amide bonds. The van der Waals surface area contributed by atoms with Crippen LogP contribution >= 0.6 is 0 Å². The number of rotatable bonds is 4. The minimum atomic E-state index is -0.246. The van der Waals surface area contributed by atoms with E-state index in [0.717, 1.165) is 36.1 Å². The maximum atomic E-state index is 12.3. The van der Waals surface area contributed by atoms with E-state index < -0.39 is 0 Å². The fourth-order valence-electron chi connectivity index (χ4n) is 3.23. The zero-order valence-corrected chi connectivity index (χ0v) is 13.8. The van der Waals surface area contributed by atoms with E-state index >= 15 is 0 Å². The number of hydrogen-bond donors (Lipinski definition) is 2. The molecule has 0 aliphatic heterocycles. The Hall–Kier alpha value is -3.02. The lowest BCUT2D eigenvalue weighted by Gasteiger charge is -2.22. The fraction of sp³-hybridized carbons (Fsp3) is 0.263. The van der Waals surface area contributed by atoms with Crippen molar-refractivity contribution in [1.29, 1.82) is 0 Å². The van der Waals surface area contributed by atoms with Crippen LogP contribution < -0.4 is 10.6 Å². The van der Waals surface area contributed by atoms with Crippen LogP contribution in [0.2, 0.25) is 0 Å². The molecule has 4 rings (SSSR count). The fourth-order valence-corrected chi connectivity index (χ4v) is 3.23. The molecule has 2 heterocycles. The molecule has 0 saturated carbocycles. The van der Waals surface area contributed by atoms with Crippen molar-refractivity contribution in [3.8, 4) is 0 Å². The molecule has 1 unspecified atom stereocenters. The first-order valence-electron chi connectivity index (χ1n) is 8.49. The number of fused-ring (bicyclic) bond motifs is 1. The summed E-state index contributed by atoms with van der Waals surface area (Å²) in [6, 6.07) is 13.6. The number of nitrogens with zero attached hydrogens (tertiary/aromatic N) is 2. The van der Waals surface area contributed by atoms with Crippen LogP contribution in [0.3, 0.4) is 0 Å². The maximum absolute atomic E-state index is 12.3. The third kappa shape index (κ3) is 3.57. The summed E-state index contributed by atoms with van der Waals surface area (Å²) in [6.45, 7) is 0.672. The Morgan fingerprint density at radius 1 is 1.24 bits per heavy atom. The minimum Gasteiger partial charge on any atom is -0.469 e. The van der Waals surface area contributed by atoms with Crippen LogP contribution in [0.1, 0.15) is 35.8 Å². The Morgan fingerprint density at radius 2 is 2.12 bits per heavy atom. The van der Waals surface area contributed by atoms with Crippen molar-refractivity contribution in [2.45, 2.75) is 31.8 Å². The summed E-state index contributed by atoms with van der Waals surface area (Å²) in [5, 5.41) is 10.2. The van der Waals surface area contributed by atoms with E-state index in [2.05, 4.69) is 15.7 Å². The normalized spacial score (nSPS) is 16.2. The lowest BCUT2D eigenvalue weighted by Crippen LogP contribution is -2.34. The Labute approximate surface area is 145 Å². The van der Waals surface area contributed by atoms with Crippen LogP contribution in [-0.4, -0.2) is 15.8 Å². The van der Waals surface area contributed by atoms with E-state index in [4.69, 9.17) is 4.42 Å². The molecule has 1 atom stereocenters. The second kappa shape index (κ2) is 6.84. The summed E-state index contributed by atoms with van der Waals surface area (Å²) in [7, 11) is 0. The maximum Gasteiger partial charge on any atom is 0.320 e. The van der Waals surface area contributed by atoms with Gasteiger partial charge >= 0.3 is 6.03 Å². The second-order valence-electron chi connectivity index (χ2n) is 6.23. The molecular formula is C19H20N4O2. The molecule has 1 aliphatic rings. The molecule has 3 aromatic rings. The molecule has 0 spiro atoms.